The number of aromatic nitrogens is 4. The third kappa shape index (κ3) is 5.41. The lowest BCUT2D eigenvalue weighted by Gasteiger charge is -2.20. The first kappa shape index (κ1) is 21.3. The highest BCUT2D eigenvalue weighted by Gasteiger charge is 2.14. The Labute approximate surface area is 186 Å². The minimum atomic E-state index is -0.382. The zero-order valence-electron chi connectivity index (χ0n) is 18.3. The predicted molar refractivity (Wildman–Crippen MR) is 127 cm³/mol. The van der Waals surface area contributed by atoms with Gasteiger partial charge in [-0.3, -0.25) is 4.79 Å². The molecule has 0 aliphatic heterocycles. The number of nitrogens with two attached hydrogens (primary N) is 1. The number of amides is 1. The van der Waals surface area contributed by atoms with Crippen molar-refractivity contribution in [2.45, 2.75) is 32.7 Å². The summed E-state index contributed by atoms with van der Waals surface area (Å²) in [5.74, 6) is 0.327. The number of hydrogen-bond acceptors (Lipinski definition) is 7. The Morgan fingerprint density at radius 2 is 1.75 bits per heavy atom. The second kappa shape index (κ2) is 8.68. The highest BCUT2D eigenvalue weighted by Crippen LogP contribution is 2.26. The second-order valence-electron chi connectivity index (χ2n) is 8.48. The monoisotopic (exact) mass is 427 g/mol. The van der Waals surface area contributed by atoms with Crippen LogP contribution in [0.3, 0.4) is 0 Å². The van der Waals surface area contributed by atoms with E-state index in [4.69, 9.17) is 5.73 Å². The van der Waals surface area contributed by atoms with E-state index in [0.717, 1.165) is 33.3 Å². The van der Waals surface area contributed by atoms with Crippen LogP contribution < -0.4 is 16.4 Å². The Hall–Kier alpha value is -3.91. The average Bonchev–Trinajstić information content (AvgIpc) is 2.72. The van der Waals surface area contributed by atoms with Gasteiger partial charge in [-0.2, -0.15) is 0 Å². The molecule has 0 spiro atoms. The highest BCUT2D eigenvalue weighted by molar-refractivity contribution is 5.89. The van der Waals surface area contributed by atoms with Crippen molar-refractivity contribution in [1.82, 2.24) is 19.9 Å². The maximum absolute atomic E-state index is 11.6. The van der Waals surface area contributed by atoms with Gasteiger partial charge < -0.3 is 16.4 Å². The van der Waals surface area contributed by atoms with E-state index in [1.807, 2.05) is 50.2 Å². The van der Waals surface area contributed by atoms with E-state index in [2.05, 4.69) is 30.6 Å². The number of nitrogens with one attached hydrogen (secondary N) is 2. The molecule has 4 N–H and O–H groups in total. The molecule has 0 fully saturated rings. The number of anilines is 3. The van der Waals surface area contributed by atoms with Gasteiger partial charge in [0.15, 0.2) is 0 Å². The van der Waals surface area contributed by atoms with Gasteiger partial charge in [-0.15, -0.1) is 0 Å². The molecule has 0 aliphatic rings. The van der Waals surface area contributed by atoms with E-state index < -0.39 is 0 Å². The first-order chi connectivity index (χ1) is 15.2. The number of carbonyl (C=O) groups is 1. The molecule has 2 aromatic carbocycles. The molecule has 0 bridgehead atoms. The molecule has 8 nitrogen and oxygen atoms in total. The Morgan fingerprint density at radius 1 is 1.00 bits per heavy atom. The molecule has 1 amide bonds. The van der Waals surface area contributed by atoms with Crippen LogP contribution in [0.4, 0.5) is 17.3 Å². The Morgan fingerprint density at radius 3 is 2.47 bits per heavy atom. The van der Waals surface area contributed by atoms with Crippen LogP contribution in [-0.2, 0) is 11.2 Å². The molecule has 4 rings (SSSR count). The fraction of sp³-hybridized carbons (Fsp3) is 0.208. The van der Waals surface area contributed by atoms with Gasteiger partial charge in [0, 0.05) is 53.4 Å². The molecule has 4 aromatic rings. The smallest absolute Gasteiger partial charge is 0.227 e. The number of benzene rings is 2. The fourth-order valence-corrected chi connectivity index (χ4v) is 3.52. The fourth-order valence-electron chi connectivity index (χ4n) is 3.52. The lowest BCUT2D eigenvalue weighted by atomic mass is 9.95. The summed E-state index contributed by atoms with van der Waals surface area (Å²) in [7, 11) is 0. The van der Waals surface area contributed by atoms with Crippen molar-refractivity contribution in [3.05, 3.63) is 66.9 Å². The molecule has 2 aromatic heterocycles. The summed E-state index contributed by atoms with van der Waals surface area (Å²) in [6.07, 6.45) is 7.48. The largest absolute Gasteiger partial charge is 0.326 e. The van der Waals surface area contributed by atoms with E-state index in [0.29, 0.717) is 18.1 Å². The standard InChI is InChI=1S/C24H25N7O/c1-15(32)29-20-6-16(10-24(2,3)25)7-21(9-20)30-23-28-13-18-8-17(4-5-22(18)31-23)19-11-26-14-27-12-19/h4-9,11-14H,10,25H2,1-3H3,(H,29,32)(H,28,30,31). The van der Waals surface area contributed by atoms with Crippen molar-refractivity contribution >= 4 is 34.1 Å². The van der Waals surface area contributed by atoms with Gasteiger partial charge in [-0.1, -0.05) is 6.07 Å². The highest BCUT2D eigenvalue weighted by atomic mass is 16.1. The summed E-state index contributed by atoms with van der Waals surface area (Å²) in [6.45, 7) is 5.41. The summed E-state index contributed by atoms with van der Waals surface area (Å²) in [6, 6.07) is 11.7. The van der Waals surface area contributed by atoms with Gasteiger partial charge in [0.2, 0.25) is 11.9 Å². The lowest BCUT2D eigenvalue weighted by molar-refractivity contribution is -0.114. The molecule has 0 radical (unpaired) electrons. The minimum absolute atomic E-state index is 0.137. The topological polar surface area (TPSA) is 119 Å². The van der Waals surface area contributed by atoms with Crippen molar-refractivity contribution in [1.29, 1.82) is 0 Å². The van der Waals surface area contributed by atoms with E-state index in [-0.39, 0.29) is 11.4 Å². The van der Waals surface area contributed by atoms with E-state index in [1.165, 1.54) is 13.3 Å². The lowest BCUT2D eigenvalue weighted by Crippen LogP contribution is -2.34. The first-order valence-corrected chi connectivity index (χ1v) is 10.2. The van der Waals surface area contributed by atoms with Gasteiger partial charge in [0.05, 0.1) is 5.52 Å². The van der Waals surface area contributed by atoms with Crippen LogP contribution in [-0.4, -0.2) is 31.4 Å². The SMILES string of the molecule is CC(=O)Nc1cc(CC(C)(C)N)cc(Nc2ncc3cc(-c4cncnc4)ccc3n2)c1. The Balaban J connectivity index is 1.63. The Kier molecular flexibility index (Phi) is 5.79. The van der Waals surface area contributed by atoms with Crippen LogP contribution in [0, 0.1) is 0 Å². The number of fused-ring (bicyclic) bond motifs is 1. The van der Waals surface area contributed by atoms with Crippen molar-refractivity contribution in [3.8, 4) is 11.1 Å². The molecule has 0 unspecified atom stereocenters. The molecule has 0 atom stereocenters. The molecule has 32 heavy (non-hydrogen) atoms. The number of carbonyl (C=O) groups excluding carboxylic acids is 1. The van der Waals surface area contributed by atoms with Crippen LogP contribution in [0.15, 0.2) is 61.3 Å². The van der Waals surface area contributed by atoms with Crippen molar-refractivity contribution < 1.29 is 4.79 Å². The van der Waals surface area contributed by atoms with Crippen LogP contribution in [0.5, 0.6) is 0 Å². The normalized spacial score (nSPS) is 11.4. The maximum atomic E-state index is 11.6. The maximum Gasteiger partial charge on any atom is 0.227 e. The molecular formula is C24H25N7O. The van der Waals surface area contributed by atoms with Gasteiger partial charge in [0.1, 0.15) is 6.33 Å². The van der Waals surface area contributed by atoms with Crippen LogP contribution >= 0.6 is 0 Å². The molecular weight excluding hydrogens is 402 g/mol. The average molecular weight is 428 g/mol. The van der Waals surface area contributed by atoms with Crippen LogP contribution in [0.25, 0.3) is 22.0 Å². The third-order valence-corrected chi connectivity index (χ3v) is 4.70. The summed E-state index contributed by atoms with van der Waals surface area (Å²) < 4.78 is 0. The van der Waals surface area contributed by atoms with Gasteiger partial charge >= 0.3 is 0 Å². The second-order valence-corrected chi connectivity index (χ2v) is 8.48. The summed E-state index contributed by atoms with van der Waals surface area (Å²) in [5, 5.41) is 7.00. The molecule has 0 saturated carbocycles. The predicted octanol–water partition coefficient (Wildman–Crippen LogP) is 4.07. The van der Waals surface area contributed by atoms with Crippen LogP contribution in [0.1, 0.15) is 26.3 Å². The van der Waals surface area contributed by atoms with Gasteiger partial charge in [-0.25, -0.2) is 19.9 Å². The minimum Gasteiger partial charge on any atom is -0.326 e. The van der Waals surface area contributed by atoms with Crippen molar-refractivity contribution in [2.75, 3.05) is 10.6 Å². The van der Waals surface area contributed by atoms with Gasteiger partial charge in [-0.05, 0) is 61.7 Å². The van der Waals surface area contributed by atoms with E-state index in [9.17, 15) is 4.79 Å². The van der Waals surface area contributed by atoms with E-state index in [1.54, 1.807) is 18.6 Å². The summed E-state index contributed by atoms with van der Waals surface area (Å²) in [5.41, 5.74) is 11.0. The number of nitrogens with zero attached hydrogens (tertiary/aromatic N) is 4. The quantitative estimate of drug-likeness (QED) is 0.424. The molecule has 0 aliphatic carbocycles. The molecule has 2 heterocycles. The molecule has 8 heteroatoms. The van der Waals surface area contributed by atoms with Crippen LogP contribution in [0.2, 0.25) is 0 Å². The number of hydrogen-bond donors (Lipinski definition) is 3. The first-order valence-electron chi connectivity index (χ1n) is 10.2. The third-order valence-electron chi connectivity index (χ3n) is 4.70. The van der Waals surface area contributed by atoms with Crippen molar-refractivity contribution in [3.63, 3.8) is 0 Å². The molecule has 0 saturated heterocycles. The zero-order chi connectivity index (χ0) is 22.7. The molecule has 162 valence electrons. The number of rotatable bonds is 6. The summed E-state index contributed by atoms with van der Waals surface area (Å²) >= 11 is 0. The summed E-state index contributed by atoms with van der Waals surface area (Å²) in [4.78, 5) is 28.8. The zero-order valence-corrected chi connectivity index (χ0v) is 18.3. The van der Waals surface area contributed by atoms with Gasteiger partial charge in [0.25, 0.3) is 0 Å². The van der Waals surface area contributed by atoms with Crippen molar-refractivity contribution in [2.24, 2.45) is 5.73 Å². The Bertz CT molecular complexity index is 1270. The van der Waals surface area contributed by atoms with E-state index >= 15 is 0 Å².